The lowest BCUT2D eigenvalue weighted by Gasteiger charge is -2.04. The number of hydrogen-bond donors (Lipinski definition) is 1. The Morgan fingerprint density at radius 2 is 2.06 bits per heavy atom. The maximum absolute atomic E-state index is 11.9. The second-order valence-electron chi connectivity index (χ2n) is 3.98. The minimum Gasteiger partial charge on any atom is -0.326 e. The van der Waals surface area contributed by atoms with Crippen LogP contribution in [0.2, 0.25) is 0 Å². The van der Waals surface area contributed by atoms with Crippen molar-refractivity contribution in [2.45, 2.75) is 6.42 Å². The van der Waals surface area contributed by atoms with E-state index >= 15 is 0 Å². The molecular formula is C14H11NOS2. The van der Waals surface area contributed by atoms with Gasteiger partial charge in [-0.05, 0) is 46.5 Å². The highest BCUT2D eigenvalue weighted by atomic mass is 32.1. The Hall–Kier alpha value is -1.65. The van der Waals surface area contributed by atoms with Crippen LogP contribution in [-0.4, -0.2) is 5.91 Å². The van der Waals surface area contributed by atoms with Gasteiger partial charge in [0.1, 0.15) is 0 Å². The van der Waals surface area contributed by atoms with Gasteiger partial charge < -0.3 is 5.32 Å². The van der Waals surface area contributed by atoms with Crippen LogP contribution < -0.4 is 5.32 Å². The second kappa shape index (κ2) is 4.92. The lowest BCUT2D eigenvalue weighted by atomic mass is 10.2. The van der Waals surface area contributed by atoms with Gasteiger partial charge in [-0.15, -0.1) is 22.7 Å². The van der Waals surface area contributed by atoms with Gasteiger partial charge in [-0.3, -0.25) is 4.79 Å². The zero-order valence-corrected chi connectivity index (χ0v) is 11.2. The highest BCUT2D eigenvalue weighted by Crippen LogP contribution is 2.24. The fourth-order valence-electron chi connectivity index (χ4n) is 1.82. The molecule has 0 aliphatic heterocycles. The first-order chi connectivity index (χ1) is 8.81. The Kier molecular flexibility index (Phi) is 3.13. The molecule has 4 heteroatoms. The van der Waals surface area contributed by atoms with E-state index in [0.29, 0.717) is 6.42 Å². The number of amides is 1. The Morgan fingerprint density at radius 3 is 2.89 bits per heavy atom. The SMILES string of the molecule is O=C(Cc1cccs1)Nc1ccc2sccc2c1. The number of thiophene rings is 2. The number of carbonyl (C=O) groups excluding carboxylic acids is 1. The zero-order chi connectivity index (χ0) is 12.4. The molecule has 2 nitrogen and oxygen atoms in total. The molecule has 2 heterocycles. The lowest BCUT2D eigenvalue weighted by molar-refractivity contribution is -0.115. The molecule has 90 valence electrons. The van der Waals surface area contributed by atoms with Crippen molar-refractivity contribution in [2.75, 3.05) is 5.32 Å². The Bertz CT molecular complexity index is 670. The molecule has 0 aliphatic carbocycles. The van der Waals surface area contributed by atoms with Crippen molar-refractivity contribution in [3.63, 3.8) is 0 Å². The summed E-state index contributed by atoms with van der Waals surface area (Å²) >= 11 is 3.31. The molecule has 1 amide bonds. The fourth-order valence-corrected chi connectivity index (χ4v) is 3.30. The van der Waals surface area contributed by atoms with Gasteiger partial charge in [0.2, 0.25) is 5.91 Å². The van der Waals surface area contributed by atoms with Crippen molar-refractivity contribution >= 4 is 44.4 Å². The molecule has 3 rings (SSSR count). The number of nitrogens with one attached hydrogen (secondary N) is 1. The van der Waals surface area contributed by atoms with E-state index in [-0.39, 0.29) is 5.91 Å². The monoisotopic (exact) mass is 273 g/mol. The summed E-state index contributed by atoms with van der Waals surface area (Å²) in [5, 5.41) is 8.15. The van der Waals surface area contributed by atoms with Crippen LogP contribution in [-0.2, 0) is 11.2 Å². The summed E-state index contributed by atoms with van der Waals surface area (Å²) in [5.74, 6) is 0.0343. The average molecular weight is 273 g/mol. The Labute approximate surface area is 113 Å². The van der Waals surface area contributed by atoms with Crippen LogP contribution in [0.3, 0.4) is 0 Å². The summed E-state index contributed by atoms with van der Waals surface area (Å²) in [7, 11) is 0. The molecule has 0 radical (unpaired) electrons. The van der Waals surface area contributed by atoms with E-state index in [0.717, 1.165) is 10.6 Å². The maximum atomic E-state index is 11.9. The van der Waals surface area contributed by atoms with E-state index in [1.165, 1.54) is 10.1 Å². The number of fused-ring (bicyclic) bond motifs is 1. The minimum absolute atomic E-state index is 0.0343. The van der Waals surface area contributed by atoms with Crippen LogP contribution in [0.1, 0.15) is 4.88 Å². The summed E-state index contributed by atoms with van der Waals surface area (Å²) < 4.78 is 1.24. The molecule has 1 aromatic carbocycles. The van der Waals surface area contributed by atoms with E-state index in [9.17, 15) is 4.79 Å². The minimum atomic E-state index is 0.0343. The van der Waals surface area contributed by atoms with Crippen LogP contribution in [0.15, 0.2) is 47.2 Å². The van der Waals surface area contributed by atoms with E-state index in [2.05, 4.69) is 16.8 Å². The first kappa shape index (κ1) is 11.4. The first-order valence-electron chi connectivity index (χ1n) is 5.61. The van der Waals surface area contributed by atoms with Gasteiger partial charge >= 0.3 is 0 Å². The lowest BCUT2D eigenvalue weighted by Crippen LogP contribution is -2.13. The highest BCUT2D eigenvalue weighted by Gasteiger charge is 2.05. The van der Waals surface area contributed by atoms with Crippen LogP contribution in [0.4, 0.5) is 5.69 Å². The quantitative estimate of drug-likeness (QED) is 0.763. The summed E-state index contributed by atoms with van der Waals surface area (Å²) in [5.41, 5.74) is 0.863. The molecule has 0 atom stereocenters. The summed E-state index contributed by atoms with van der Waals surface area (Å²) in [6, 6.07) is 12.0. The summed E-state index contributed by atoms with van der Waals surface area (Å²) in [6.45, 7) is 0. The smallest absolute Gasteiger partial charge is 0.229 e. The van der Waals surface area contributed by atoms with Crippen molar-refractivity contribution in [3.8, 4) is 0 Å². The van der Waals surface area contributed by atoms with Gasteiger partial charge in [0, 0.05) is 15.3 Å². The van der Waals surface area contributed by atoms with Crippen molar-refractivity contribution in [3.05, 3.63) is 52.0 Å². The standard InChI is InChI=1S/C14H11NOS2/c16-14(9-12-2-1-6-17-12)15-11-3-4-13-10(8-11)5-7-18-13/h1-8H,9H2,(H,15,16). The van der Waals surface area contributed by atoms with Crippen molar-refractivity contribution in [1.82, 2.24) is 0 Å². The molecule has 0 aliphatic rings. The molecule has 0 bridgehead atoms. The Balaban J connectivity index is 1.73. The predicted octanol–water partition coefficient (Wildman–Crippen LogP) is 4.14. The molecule has 0 fully saturated rings. The summed E-state index contributed by atoms with van der Waals surface area (Å²) in [4.78, 5) is 12.9. The average Bonchev–Trinajstić information content (AvgIpc) is 2.98. The zero-order valence-electron chi connectivity index (χ0n) is 9.55. The molecule has 1 N–H and O–H groups in total. The normalized spacial score (nSPS) is 10.7. The largest absolute Gasteiger partial charge is 0.326 e. The van der Waals surface area contributed by atoms with Gasteiger partial charge in [0.15, 0.2) is 0 Å². The van der Waals surface area contributed by atoms with Gasteiger partial charge in [-0.1, -0.05) is 6.07 Å². The fraction of sp³-hybridized carbons (Fsp3) is 0.0714. The predicted molar refractivity (Wildman–Crippen MR) is 78.5 cm³/mol. The van der Waals surface area contributed by atoms with Crippen LogP contribution in [0.25, 0.3) is 10.1 Å². The molecule has 0 spiro atoms. The number of anilines is 1. The Morgan fingerprint density at radius 1 is 1.11 bits per heavy atom. The number of carbonyl (C=O) groups is 1. The highest BCUT2D eigenvalue weighted by molar-refractivity contribution is 7.17. The molecule has 0 unspecified atom stereocenters. The molecule has 18 heavy (non-hydrogen) atoms. The topological polar surface area (TPSA) is 29.1 Å². The van der Waals surface area contributed by atoms with Gasteiger partial charge in [0.05, 0.1) is 6.42 Å². The third kappa shape index (κ3) is 2.44. The molecule has 0 saturated heterocycles. The first-order valence-corrected chi connectivity index (χ1v) is 7.37. The summed E-state index contributed by atoms with van der Waals surface area (Å²) in [6.07, 6.45) is 0.444. The van der Waals surface area contributed by atoms with Gasteiger partial charge in [0.25, 0.3) is 0 Å². The number of benzene rings is 1. The molecule has 0 saturated carbocycles. The van der Waals surface area contributed by atoms with Crippen LogP contribution in [0.5, 0.6) is 0 Å². The van der Waals surface area contributed by atoms with E-state index in [4.69, 9.17) is 0 Å². The second-order valence-corrected chi connectivity index (χ2v) is 5.96. The van der Waals surface area contributed by atoms with Crippen molar-refractivity contribution in [2.24, 2.45) is 0 Å². The third-order valence-corrected chi connectivity index (χ3v) is 4.43. The van der Waals surface area contributed by atoms with E-state index in [1.54, 1.807) is 22.7 Å². The van der Waals surface area contributed by atoms with Gasteiger partial charge in [-0.2, -0.15) is 0 Å². The third-order valence-electron chi connectivity index (χ3n) is 2.65. The molecule has 2 aromatic heterocycles. The van der Waals surface area contributed by atoms with E-state index < -0.39 is 0 Å². The van der Waals surface area contributed by atoms with Gasteiger partial charge in [-0.25, -0.2) is 0 Å². The van der Waals surface area contributed by atoms with Crippen LogP contribution in [0, 0.1) is 0 Å². The number of hydrogen-bond acceptors (Lipinski definition) is 3. The number of rotatable bonds is 3. The van der Waals surface area contributed by atoms with Crippen molar-refractivity contribution in [1.29, 1.82) is 0 Å². The van der Waals surface area contributed by atoms with Crippen molar-refractivity contribution < 1.29 is 4.79 Å². The maximum Gasteiger partial charge on any atom is 0.229 e. The van der Waals surface area contributed by atoms with E-state index in [1.807, 2.05) is 35.7 Å². The molecule has 3 aromatic rings. The van der Waals surface area contributed by atoms with Crippen LogP contribution >= 0.6 is 22.7 Å². The molecular weight excluding hydrogens is 262 g/mol.